The molecule has 5 rings (SSSR count). The van der Waals surface area contributed by atoms with Crippen LogP contribution in [0.15, 0.2) is 59.2 Å². The van der Waals surface area contributed by atoms with Gasteiger partial charge in [0.15, 0.2) is 5.01 Å². The normalized spacial score (nSPS) is 12.3. The molecule has 0 aliphatic carbocycles. The van der Waals surface area contributed by atoms with Crippen LogP contribution in [-0.2, 0) is 6.54 Å². The average molecular weight is 375 g/mol. The number of nitrogens with zero attached hydrogens (tertiary/aromatic N) is 4. The summed E-state index contributed by atoms with van der Waals surface area (Å²) >= 11 is 3.22. The zero-order valence-electron chi connectivity index (χ0n) is 13.6. The van der Waals surface area contributed by atoms with Crippen molar-refractivity contribution in [3.05, 3.63) is 65.3 Å². The van der Waals surface area contributed by atoms with Gasteiger partial charge in [-0.25, -0.2) is 0 Å². The third kappa shape index (κ3) is 2.91. The Morgan fingerprint density at radius 3 is 2.88 bits per heavy atom. The largest absolute Gasteiger partial charge is 0.330 e. The standard InChI is InChI=1S/C19H13N5S2/c1-2-17(25-5-1)14-6-15(11-21-10-14)18-23-24-19(26-18)22-16-4-3-12-8-20-9-13(12)7-16/h1-7,9-11H,8H2,(H,22,24). The number of pyridine rings is 1. The van der Waals surface area contributed by atoms with Crippen LogP contribution in [0.2, 0.25) is 0 Å². The molecule has 0 saturated heterocycles. The molecule has 5 nitrogen and oxygen atoms in total. The predicted octanol–water partition coefficient (Wildman–Crippen LogP) is 5.00. The molecule has 0 fully saturated rings. The molecule has 3 aromatic heterocycles. The second-order valence-electron chi connectivity index (χ2n) is 5.86. The molecule has 0 bridgehead atoms. The summed E-state index contributed by atoms with van der Waals surface area (Å²) in [5.41, 5.74) is 5.48. The number of rotatable bonds is 4. The molecule has 1 N–H and O–H groups in total. The van der Waals surface area contributed by atoms with Gasteiger partial charge in [-0.3, -0.25) is 9.98 Å². The van der Waals surface area contributed by atoms with Gasteiger partial charge >= 0.3 is 0 Å². The highest BCUT2D eigenvalue weighted by atomic mass is 32.1. The van der Waals surface area contributed by atoms with E-state index in [0.29, 0.717) is 0 Å². The number of anilines is 2. The van der Waals surface area contributed by atoms with Gasteiger partial charge in [-0.15, -0.1) is 21.5 Å². The van der Waals surface area contributed by atoms with Crippen molar-refractivity contribution in [2.45, 2.75) is 6.54 Å². The Morgan fingerprint density at radius 1 is 1.00 bits per heavy atom. The summed E-state index contributed by atoms with van der Waals surface area (Å²) in [6, 6.07) is 12.5. The molecular weight excluding hydrogens is 362 g/mol. The number of nitrogens with one attached hydrogen (secondary N) is 1. The molecule has 4 aromatic rings. The van der Waals surface area contributed by atoms with E-state index >= 15 is 0 Å². The molecule has 7 heteroatoms. The van der Waals surface area contributed by atoms with Gasteiger partial charge in [0.25, 0.3) is 0 Å². The number of thiophene rings is 1. The minimum atomic E-state index is 0.761. The SMILES string of the molecule is C1=NCc2ccc(Nc3nnc(-c4cncc(-c5cccs5)c4)s3)cc21. The molecule has 0 atom stereocenters. The number of benzene rings is 1. The number of hydrogen-bond acceptors (Lipinski definition) is 7. The Labute approximate surface area is 158 Å². The summed E-state index contributed by atoms with van der Waals surface area (Å²) in [5.74, 6) is 0. The summed E-state index contributed by atoms with van der Waals surface area (Å²) in [5, 5.41) is 15.6. The van der Waals surface area contributed by atoms with E-state index in [1.165, 1.54) is 21.8 Å². The Balaban J connectivity index is 1.40. The lowest BCUT2D eigenvalue weighted by atomic mass is 10.1. The van der Waals surface area contributed by atoms with Crippen molar-refractivity contribution in [3.63, 3.8) is 0 Å². The Morgan fingerprint density at radius 2 is 1.96 bits per heavy atom. The summed E-state index contributed by atoms with van der Waals surface area (Å²) < 4.78 is 0. The fourth-order valence-corrected chi connectivity index (χ4v) is 4.28. The number of hydrogen-bond donors (Lipinski definition) is 1. The van der Waals surface area contributed by atoms with Crippen molar-refractivity contribution in [2.24, 2.45) is 4.99 Å². The maximum atomic E-state index is 4.36. The fourth-order valence-electron chi connectivity index (χ4n) is 2.83. The Bertz CT molecular complexity index is 1100. The van der Waals surface area contributed by atoms with Crippen LogP contribution in [0.5, 0.6) is 0 Å². The smallest absolute Gasteiger partial charge is 0.210 e. The van der Waals surface area contributed by atoms with E-state index in [9.17, 15) is 0 Å². The van der Waals surface area contributed by atoms with E-state index in [1.807, 2.05) is 30.7 Å². The van der Waals surface area contributed by atoms with Gasteiger partial charge in [0.1, 0.15) is 0 Å². The van der Waals surface area contributed by atoms with Gasteiger partial charge < -0.3 is 5.32 Å². The monoisotopic (exact) mass is 375 g/mol. The van der Waals surface area contributed by atoms with E-state index < -0.39 is 0 Å². The molecule has 0 unspecified atom stereocenters. The van der Waals surface area contributed by atoms with E-state index in [2.05, 4.69) is 55.1 Å². The van der Waals surface area contributed by atoms with Crippen LogP contribution < -0.4 is 5.32 Å². The number of aromatic nitrogens is 3. The summed E-state index contributed by atoms with van der Waals surface area (Å²) in [6.07, 6.45) is 5.61. The topological polar surface area (TPSA) is 63.1 Å². The highest BCUT2D eigenvalue weighted by Crippen LogP contribution is 2.32. The molecule has 0 amide bonds. The number of aliphatic imine (C=N–C) groups is 1. The van der Waals surface area contributed by atoms with Gasteiger partial charge in [-0.1, -0.05) is 23.5 Å². The van der Waals surface area contributed by atoms with E-state index in [4.69, 9.17) is 0 Å². The molecule has 0 radical (unpaired) electrons. The second kappa shape index (κ2) is 6.44. The third-order valence-electron chi connectivity index (χ3n) is 4.11. The van der Waals surface area contributed by atoms with Gasteiger partial charge in [-0.2, -0.15) is 0 Å². The van der Waals surface area contributed by atoms with Crippen LogP contribution in [0.4, 0.5) is 10.8 Å². The first-order valence-corrected chi connectivity index (χ1v) is 9.77. The third-order valence-corrected chi connectivity index (χ3v) is 5.91. The quantitative estimate of drug-likeness (QED) is 0.545. The minimum absolute atomic E-state index is 0.761. The molecular formula is C19H13N5S2. The molecule has 0 spiro atoms. The van der Waals surface area contributed by atoms with Crippen molar-refractivity contribution >= 4 is 39.7 Å². The van der Waals surface area contributed by atoms with Crippen molar-refractivity contribution in [3.8, 4) is 21.0 Å². The van der Waals surface area contributed by atoms with Crippen LogP contribution in [-0.4, -0.2) is 21.4 Å². The maximum absolute atomic E-state index is 4.36. The second-order valence-corrected chi connectivity index (χ2v) is 7.79. The van der Waals surface area contributed by atoms with Gasteiger partial charge in [0.05, 0.1) is 6.54 Å². The first kappa shape index (κ1) is 15.4. The zero-order chi connectivity index (χ0) is 17.3. The lowest BCUT2D eigenvalue weighted by Crippen LogP contribution is -1.92. The average Bonchev–Trinajstić information content (AvgIpc) is 3.43. The Kier molecular flexibility index (Phi) is 3.80. The maximum Gasteiger partial charge on any atom is 0.210 e. The molecule has 26 heavy (non-hydrogen) atoms. The van der Waals surface area contributed by atoms with Crippen molar-refractivity contribution in [2.75, 3.05) is 5.32 Å². The first-order chi connectivity index (χ1) is 12.8. The molecule has 0 saturated carbocycles. The zero-order valence-corrected chi connectivity index (χ0v) is 15.2. The molecule has 126 valence electrons. The van der Waals surface area contributed by atoms with Crippen LogP contribution in [0.25, 0.3) is 21.0 Å². The lowest BCUT2D eigenvalue weighted by molar-refractivity contribution is 1.09. The lowest BCUT2D eigenvalue weighted by Gasteiger charge is -2.04. The van der Waals surface area contributed by atoms with Crippen molar-refractivity contribution < 1.29 is 0 Å². The van der Waals surface area contributed by atoms with E-state index in [0.717, 1.165) is 39.1 Å². The summed E-state index contributed by atoms with van der Waals surface area (Å²) in [6.45, 7) is 0.770. The first-order valence-electron chi connectivity index (χ1n) is 8.08. The van der Waals surface area contributed by atoms with Crippen LogP contribution in [0.3, 0.4) is 0 Å². The summed E-state index contributed by atoms with van der Waals surface area (Å²) in [4.78, 5) is 9.84. The molecule has 4 heterocycles. The predicted molar refractivity (Wildman–Crippen MR) is 107 cm³/mol. The highest BCUT2D eigenvalue weighted by molar-refractivity contribution is 7.18. The number of fused-ring (bicyclic) bond motifs is 1. The van der Waals surface area contributed by atoms with Crippen LogP contribution in [0, 0.1) is 0 Å². The van der Waals surface area contributed by atoms with Gasteiger partial charge in [0, 0.05) is 40.3 Å². The fraction of sp³-hybridized carbons (Fsp3) is 0.0526. The highest BCUT2D eigenvalue weighted by Gasteiger charge is 2.11. The molecule has 1 aliphatic rings. The van der Waals surface area contributed by atoms with Gasteiger partial charge in [-0.05, 0) is 40.8 Å². The minimum Gasteiger partial charge on any atom is -0.330 e. The van der Waals surface area contributed by atoms with Crippen molar-refractivity contribution in [1.29, 1.82) is 0 Å². The molecule has 1 aliphatic heterocycles. The van der Waals surface area contributed by atoms with E-state index in [-0.39, 0.29) is 0 Å². The Hall–Kier alpha value is -2.90. The molecule has 1 aromatic carbocycles. The van der Waals surface area contributed by atoms with Crippen LogP contribution >= 0.6 is 22.7 Å². The van der Waals surface area contributed by atoms with E-state index in [1.54, 1.807) is 11.3 Å². The van der Waals surface area contributed by atoms with Gasteiger partial charge in [0.2, 0.25) is 5.13 Å². The van der Waals surface area contributed by atoms with Crippen LogP contribution in [0.1, 0.15) is 11.1 Å². The summed E-state index contributed by atoms with van der Waals surface area (Å²) in [7, 11) is 0. The van der Waals surface area contributed by atoms with Crippen molar-refractivity contribution in [1.82, 2.24) is 15.2 Å².